The van der Waals surface area contributed by atoms with Gasteiger partial charge in [-0.15, -0.1) is 0 Å². The van der Waals surface area contributed by atoms with E-state index in [4.69, 9.17) is 0 Å². The highest BCUT2D eigenvalue weighted by molar-refractivity contribution is 5.82. The Balaban J connectivity index is 1.38. The summed E-state index contributed by atoms with van der Waals surface area (Å²) in [6.45, 7) is 0. The van der Waals surface area contributed by atoms with Gasteiger partial charge in [-0.25, -0.2) is 0 Å². The first-order valence-electron chi connectivity index (χ1n) is 14.1. The van der Waals surface area contributed by atoms with Crippen LogP contribution in [0.1, 0.15) is 33.4 Å². The smallest absolute Gasteiger partial charge is 0.0467 e. The molecular weight excluding hydrogens is 524 g/mol. The first-order valence-corrected chi connectivity index (χ1v) is 14.1. The van der Waals surface area contributed by atoms with Crippen LogP contribution in [0.3, 0.4) is 0 Å². The Morgan fingerprint density at radius 2 is 0.605 bits per heavy atom. The van der Waals surface area contributed by atoms with Crippen molar-refractivity contribution in [2.24, 2.45) is 0 Å². The van der Waals surface area contributed by atoms with Gasteiger partial charge in [0.2, 0.25) is 0 Å². The lowest BCUT2D eigenvalue weighted by Gasteiger charge is -2.26. The predicted octanol–water partition coefficient (Wildman–Crippen LogP) is 9.85. The van der Waals surface area contributed by atoms with Crippen molar-refractivity contribution in [3.63, 3.8) is 0 Å². The second-order valence-corrected chi connectivity index (χ2v) is 9.96. The van der Waals surface area contributed by atoms with Crippen molar-refractivity contribution in [2.45, 2.75) is 0 Å². The highest BCUT2D eigenvalue weighted by Crippen LogP contribution is 2.36. The molecule has 0 aliphatic rings. The Labute approximate surface area is 252 Å². The van der Waals surface area contributed by atoms with Crippen LogP contribution >= 0.6 is 0 Å². The van der Waals surface area contributed by atoms with Crippen molar-refractivity contribution in [1.29, 1.82) is 0 Å². The highest BCUT2D eigenvalue weighted by atomic mass is 15.1. The minimum atomic E-state index is 1.07. The molecule has 3 aromatic heterocycles. The maximum absolute atomic E-state index is 4.12. The minimum Gasteiger partial charge on any atom is -0.310 e. The van der Waals surface area contributed by atoms with Crippen molar-refractivity contribution in [3.05, 3.63) is 180 Å². The number of pyridine rings is 3. The number of anilines is 3. The molecule has 0 bridgehead atoms. The second-order valence-electron chi connectivity index (χ2n) is 9.96. The standard InChI is InChI=1S/C39H30N4/c1-4-34(13-10-31-16-22-40-23-17-31)28-37(7-1)43(38-8-2-5-35(29-38)14-11-32-18-24-41-25-19-32)39-9-3-6-36(30-39)15-12-33-20-26-42-27-21-33/h1-30H/b13-10+,14-11+,15-12+. The fourth-order valence-corrected chi connectivity index (χ4v) is 4.75. The summed E-state index contributed by atoms with van der Waals surface area (Å²) >= 11 is 0. The lowest BCUT2D eigenvalue weighted by molar-refractivity contribution is 1.28. The molecule has 4 heteroatoms. The Morgan fingerprint density at radius 3 is 0.907 bits per heavy atom. The zero-order chi connectivity index (χ0) is 29.1. The quantitative estimate of drug-likeness (QED) is 0.178. The first-order chi connectivity index (χ1) is 21.3. The van der Waals surface area contributed by atoms with Crippen molar-refractivity contribution < 1.29 is 0 Å². The van der Waals surface area contributed by atoms with Crippen LogP contribution in [0.15, 0.2) is 146 Å². The Bertz CT molecular complexity index is 1640. The van der Waals surface area contributed by atoms with E-state index in [0.29, 0.717) is 0 Å². The van der Waals surface area contributed by atoms with E-state index in [0.717, 1.165) is 50.4 Å². The molecule has 43 heavy (non-hydrogen) atoms. The van der Waals surface area contributed by atoms with Crippen molar-refractivity contribution >= 4 is 53.5 Å². The van der Waals surface area contributed by atoms with Crippen LogP contribution in [-0.4, -0.2) is 15.0 Å². The third-order valence-corrected chi connectivity index (χ3v) is 6.91. The van der Waals surface area contributed by atoms with E-state index in [-0.39, 0.29) is 0 Å². The fraction of sp³-hybridized carbons (Fsp3) is 0. The van der Waals surface area contributed by atoms with Crippen LogP contribution < -0.4 is 4.90 Å². The summed E-state index contributed by atoms with van der Waals surface area (Å²) in [5, 5.41) is 0. The van der Waals surface area contributed by atoms with Gasteiger partial charge in [0.05, 0.1) is 0 Å². The Hall–Kier alpha value is -5.87. The monoisotopic (exact) mass is 554 g/mol. The van der Waals surface area contributed by atoms with E-state index < -0.39 is 0 Å². The lowest BCUT2D eigenvalue weighted by Crippen LogP contribution is -2.10. The lowest BCUT2D eigenvalue weighted by atomic mass is 10.1. The molecule has 3 heterocycles. The molecule has 0 saturated heterocycles. The van der Waals surface area contributed by atoms with Gasteiger partial charge in [-0.3, -0.25) is 15.0 Å². The molecular formula is C39H30N4. The van der Waals surface area contributed by atoms with Crippen molar-refractivity contribution in [2.75, 3.05) is 4.90 Å². The largest absolute Gasteiger partial charge is 0.310 e. The molecule has 0 N–H and O–H groups in total. The Kier molecular flexibility index (Phi) is 8.68. The minimum absolute atomic E-state index is 1.07. The zero-order valence-corrected chi connectivity index (χ0v) is 23.6. The molecule has 0 saturated carbocycles. The molecule has 0 aliphatic carbocycles. The van der Waals surface area contributed by atoms with E-state index in [1.165, 1.54) is 0 Å². The number of hydrogen-bond donors (Lipinski definition) is 0. The van der Waals surface area contributed by atoms with E-state index in [1.807, 2.05) is 73.6 Å². The Morgan fingerprint density at radius 1 is 0.326 bits per heavy atom. The number of hydrogen-bond acceptors (Lipinski definition) is 4. The summed E-state index contributed by atoms with van der Waals surface area (Å²) in [5.74, 6) is 0. The summed E-state index contributed by atoms with van der Waals surface area (Å²) in [7, 11) is 0. The molecule has 6 aromatic rings. The van der Waals surface area contributed by atoms with Crippen molar-refractivity contribution in [1.82, 2.24) is 15.0 Å². The third kappa shape index (κ3) is 7.46. The van der Waals surface area contributed by atoms with Gasteiger partial charge in [0.25, 0.3) is 0 Å². The van der Waals surface area contributed by atoms with Gasteiger partial charge in [0.1, 0.15) is 0 Å². The molecule has 0 radical (unpaired) electrons. The van der Waals surface area contributed by atoms with Gasteiger partial charge in [0.15, 0.2) is 0 Å². The molecule has 0 unspecified atom stereocenters. The van der Waals surface area contributed by atoms with Gasteiger partial charge in [-0.2, -0.15) is 0 Å². The summed E-state index contributed by atoms with van der Waals surface area (Å²) in [5.41, 5.74) is 9.89. The van der Waals surface area contributed by atoms with Gasteiger partial charge in [0, 0.05) is 54.2 Å². The maximum Gasteiger partial charge on any atom is 0.0467 e. The molecule has 3 aromatic carbocycles. The second kappa shape index (κ2) is 13.7. The zero-order valence-electron chi connectivity index (χ0n) is 23.6. The average Bonchev–Trinajstić information content (AvgIpc) is 3.08. The summed E-state index contributed by atoms with van der Waals surface area (Å²) < 4.78 is 0. The van der Waals surface area contributed by atoms with E-state index in [2.05, 4.69) is 129 Å². The van der Waals surface area contributed by atoms with Crippen LogP contribution in [0, 0.1) is 0 Å². The molecule has 0 spiro atoms. The summed E-state index contributed by atoms with van der Waals surface area (Å²) in [4.78, 5) is 14.7. The van der Waals surface area contributed by atoms with Crippen LogP contribution in [0.4, 0.5) is 17.1 Å². The molecule has 206 valence electrons. The van der Waals surface area contributed by atoms with E-state index in [1.54, 1.807) is 0 Å². The van der Waals surface area contributed by atoms with E-state index >= 15 is 0 Å². The van der Waals surface area contributed by atoms with Crippen molar-refractivity contribution in [3.8, 4) is 0 Å². The number of aromatic nitrogens is 3. The van der Waals surface area contributed by atoms with Crippen LogP contribution in [0.25, 0.3) is 36.5 Å². The normalized spacial score (nSPS) is 11.4. The number of nitrogens with zero attached hydrogens (tertiary/aromatic N) is 4. The maximum atomic E-state index is 4.12. The topological polar surface area (TPSA) is 41.9 Å². The molecule has 0 fully saturated rings. The van der Waals surface area contributed by atoms with Gasteiger partial charge >= 0.3 is 0 Å². The highest BCUT2D eigenvalue weighted by Gasteiger charge is 2.13. The van der Waals surface area contributed by atoms with Gasteiger partial charge < -0.3 is 4.90 Å². The summed E-state index contributed by atoms with van der Waals surface area (Å²) in [6, 6.07) is 37.8. The predicted molar refractivity (Wildman–Crippen MR) is 181 cm³/mol. The molecule has 0 amide bonds. The van der Waals surface area contributed by atoms with Crippen LogP contribution in [-0.2, 0) is 0 Å². The summed E-state index contributed by atoms with van der Waals surface area (Å²) in [6.07, 6.45) is 23.6. The van der Waals surface area contributed by atoms with Crippen LogP contribution in [0.2, 0.25) is 0 Å². The third-order valence-electron chi connectivity index (χ3n) is 6.91. The average molecular weight is 555 g/mol. The van der Waals surface area contributed by atoms with Gasteiger partial charge in [-0.05, 0) is 106 Å². The van der Waals surface area contributed by atoms with E-state index in [9.17, 15) is 0 Å². The fourth-order valence-electron chi connectivity index (χ4n) is 4.75. The number of benzene rings is 3. The SMILES string of the molecule is C(=C\c1cccc(N(c2cccc(/C=C/c3ccncc3)c2)c2cccc(/C=C/c3ccncc3)c2)c1)/c1ccncc1. The molecule has 4 nitrogen and oxygen atoms in total. The molecule has 6 rings (SSSR count). The van der Waals surface area contributed by atoms with Crippen LogP contribution in [0.5, 0.6) is 0 Å². The van der Waals surface area contributed by atoms with Gasteiger partial charge in [-0.1, -0.05) is 72.9 Å². The number of rotatable bonds is 9. The first kappa shape index (κ1) is 27.3. The molecule has 0 aliphatic heterocycles. The molecule has 0 atom stereocenters.